The lowest BCUT2D eigenvalue weighted by molar-refractivity contribution is -0.138. The predicted octanol–water partition coefficient (Wildman–Crippen LogP) is 8.99. The lowest BCUT2D eigenvalue weighted by Crippen LogP contribution is -2.53. The minimum atomic E-state index is -1.78. The first-order chi connectivity index (χ1) is 28.9. The Balaban J connectivity index is 1.11. The van der Waals surface area contributed by atoms with Gasteiger partial charge >= 0.3 is 0 Å². The van der Waals surface area contributed by atoms with Crippen molar-refractivity contribution in [2.75, 3.05) is 29.3 Å². The molecule has 5 aromatic carbocycles. The molecule has 60 heavy (non-hydrogen) atoms. The number of nitrogens with one attached hydrogen (secondary N) is 1. The quantitative estimate of drug-likeness (QED) is 0.0906. The summed E-state index contributed by atoms with van der Waals surface area (Å²) in [6.45, 7) is 0. The number of azo groups is 1. The average Bonchev–Trinajstić information content (AvgIpc) is 3.63. The maximum absolute atomic E-state index is 15.4. The predicted molar refractivity (Wildman–Crippen MR) is 221 cm³/mol. The van der Waals surface area contributed by atoms with Crippen molar-refractivity contribution in [3.8, 4) is 5.75 Å². The number of phenolic OH excluding ortho intramolecular Hbond substituents is 1. The van der Waals surface area contributed by atoms with E-state index in [2.05, 4.69) is 15.7 Å². The largest absolute Gasteiger partial charge is 0.505 e. The van der Waals surface area contributed by atoms with Crippen LogP contribution in [0.25, 0.3) is 0 Å². The van der Waals surface area contributed by atoms with Gasteiger partial charge in [0.2, 0.25) is 11.8 Å². The normalized spacial score (nSPS) is 24.7. The molecule has 2 aliphatic carbocycles. The van der Waals surface area contributed by atoms with Crippen molar-refractivity contribution in [3.05, 3.63) is 155 Å². The first kappa shape index (κ1) is 38.8. The molecule has 14 heteroatoms. The highest BCUT2D eigenvalue weighted by atomic mass is 35.5. The zero-order valence-corrected chi connectivity index (χ0v) is 33.1. The second kappa shape index (κ2) is 14.8. The number of aromatic hydroxyl groups is 1. The van der Waals surface area contributed by atoms with Gasteiger partial charge in [-0.1, -0.05) is 47.5 Å². The van der Waals surface area contributed by atoms with Gasteiger partial charge in [-0.2, -0.15) is 15.2 Å². The lowest BCUT2D eigenvalue weighted by Gasteiger charge is -2.50. The molecule has 2 saturated heterocycles. The third-order valence-corrected chi connectivity index (χ3v) is 12.6. The second-order valence-electron chi connectivity index (χ2n) is 15.7. The Labute approximate surface area is 348 Å². The van der Waals surface area contributed by atoms with Gasteiger partial charge in [-0.05, 0) is 115 Å². The molecule has 11 nitrogen and oxygen atoms in total. The second-order valence-corrected chi connectivity index (χ2v) is 16.1. The van der Waals surface area contributed by atoms with Gasteiger partial charge in [0.05, 0.1) is 45.9 Å². The van der Waals surface area contributed by atoms with Gasteiger partial charge in [0.25, 0.3) is 11.8 Å². The zero-order chi connectivity index (χ0) is 42.0. The smallest absolute Gasteiger partial charge is 0.260 e. The summed E-state index contributed by atoms with van der Waals surface area (Å²) >= 11 is 6.34. The molecule has 2 N–H and O–H groups in total. The number of amides is 4. The van der Waals surface area contributed by atoms with Crippen LogP contribution >= 0.6 is 11.6 Å². The number of halogens is 3. The summed E-state index contributed by atoms with van der Waals surface area (Å²) in [4.78, 5) is 62.1. The number of hydrogen-bond acceptors (Lipinski definition) is 9. The number of nitrogens with zero attached hydrogens (tertiary/aromatic N) is 5. The van der Waals surface area contributed by atoms with Crippen molar-refractivity contribution in [3.63, 3.8) is 0 Å². The Morgan fingerprint density at radius 3 is 2.08 bits per heavy atom. The summed E-state index contributed by atoms with van der Waals surface area (Å²) in [5.74, 6) is -9.24. The summed E-state index contributed by atoms with van der Waals surface area (Å²) < 4.78 is 29.3. The van der Waals surface area contributed by atoms with E-state index < -0.39 is 76.0 Å². The van der Waals surface area contributed by atoms with E-state index in [0.717, 1.165) is 21.7 Å². The van der Waals surface area contributed by atoms with E-state index in [9.17, 15) is 23.9 Å². The van der Waals surface area contributed by atoms with Crippen LogP contribution in [0.1, 0.15) is 29.9 Å². The van der Waals surface area contributed by atoms with Crippen molar-refractivity contribution < 1.29 is 33.1 Å². The Bertz CT molecular complexity index is 2620. The van der Waals surface area contributed by atoms with Crippen LogP contribution in [0.2, 0.25) is 5.02 Å². The fraction of sp³-hybridized carbons (Fsp3) is 0.217. The van der Waals surface area contributed by atoms with Crippen LogP contribution in [0.5, 0.6) is 5.75 Å². The highest BCUT2D eigenvalue weighted by Gasteiger charge is 2.70. The molecular formula is C46H37ClF2N6O5. The van der Waals surface area contributed by atoms with Gasteiger partial charge in [0, 0.05) is 36.3 Å². The average molecular weight is 827 g/mol. The monoisotopic (exact) mass is 826 g/mol. The van der Waals surface area contributed by atoms with Gasteiger partial charge in [-0.15, -0.1) is 0 Å². The first-order valence-corrected chi connectivity index (χ1v) is 19.8. The number of hydrazine groups is 1. The van der Waals surface area contributed by atoms with Crippen molar-refractivity contribution in [2.24, 2.45) is 33.9 Å². The van der Waals surface area contributed by atoms with Crippen LogP contribution in [0.15, 0.2) is 137 Å². The van der Waals surface area contributed by atoms with Crippen molar-refractivity contribution >= 4 is 63.7 Å². The highest BCUT2D eigenvalue weighted by Crippen LogP contribution is 2.65. The molecule has 2 aliphatic heterocycles. The van der Waals surface area contributed by atoms with E-state index in [1.54, 1.807) is 48.5 Å². The van der Waals surface area contributed by atoms with Crippen molar-refractivity contribution in [1.29, 1.82) is 0 Å². The van der Waals surface area contributed by atoms with E-state index in [-0.39, 0.29) is 24.1 Å². The standard InChI is InChI=1S/C46H37ClF2N6O5/c1-53(2)31-18-14-28(15-19-31)50-51-29-16-20-32(21-17-29)54-42(57)34-23-22-33-36(39(34)44(54)59)24-37-43(58)55(52-30-12-10-27(48)11-13-30)45(60)46(37,25-6-8-26(47)9-7-25)40(33)35-4-3-5-38(49)41(35)56/h3-22,34,36-37,39-40,52,56H,23-24H2,1-2H3. The molecule has 6 atom stereocenters. The third-order valence-electron chi connectivity index (χ3n) is 12.3. The molecule has 1 saturated carbocycles. The van der Waals surface area contributed by atoms with E-state index in [4.69, 9.17) is 11.6 Å². The number of carbonyl (C=O) groups excluding carboxylic acids is 4. The molecule has 0 radical (unpaired) electrons. The number of imide groups is 2. The van der Waals surface area contributed by atoms with Gasteiger partial charge < -0.3 is 10.0 Å². The molecule has 9 rings (SSSR count). The number of hydrogen-bond donors (Lipinski definition) is 2. The van der Waals surface area contributed by atoms with E-state index in [0.29, 0.717) is 33.2 Å². The van der Waals surface area contributed by atoms with E-state index in [1.165, 1.54) is 36.4 Å². The topological polar surface area (TPSA) is 135 Å². The molecule has 0 aromatic heterocycles. The number of rotatable bonds is 8. The fourth-order valence-electron chi connectivity index (χ4n) is 9.62. The number of para-hydroxylation sites is 1. The van der Waals surface area contributed by atoms with Gasteiger partial charge in [0.1, 0.15) is 5.82 Å². The Hall–Kier alpha value is -6.73. The van der Waals surface area contributed by atoms with Crippen LogP contribution in [0.4, 0.5) is 37.2 Å². The Morgan fingerprint density at radius 2 is 1.43 bits per heavy atom. The molecule has 4 amide bonds. The Morgan fingerprint density at radius 1 is 0.783 bits per heavy atom. The number of benzene rings is 5. The molecule has 5 aromatic rings. The summed E-state index contributed by atoms with van der Waals surface area (Å²) in [5, 5.41) is 21.3. The molecule has 0 bridgehead atoms. The van der Waals surface area contributed by atoms with E-state index in [1.807, 2.05) is 49.3 Å². The van der Waals surface area contributed by atoms with Crippen LogP contribution in [0.3, 0.4) is 0 Å². The SMILES string of the molecule is CN(C)c1ccc(N=Nc2ccc(N3C(=O)C4CC=C5C(CC6C(=O)N(Nc7ccc(F)cc7)C(=O)C6(c6ccc(Cl)cc6)C5c5cccc(F)c5O)C4C3=O)cc2)cc1. The lowest BCUT2D eigenvalue weighted by atomic mass is 9.49. The fourth-order valence-corrected chi connectivity index (χ4v) is 9.75. The van der Waals surface area contributed by atoms with Crippen LogP contribution in [-0.4, -0.2) is 47.8 Å². The number of fused-ring (bicyclic) bond motifs is 4. The molecule has 0 spiro atoms. The zero-order valence-electron chi connectivity index (χ0n) is 32.3. The van der Waals surface area contributed by atoms with Crippen LogP contribution in [-0.2, 0) is 24.6 Å². The minimum absolute atomic E-state index is 0.0317. The van der Waals surface area contributed by atoms with Gasteiger partial charge in [-0.3, -0.25) is 29.5 Å². The number of allylic oxidation sites excluding steroid dienone is 2. The molecule has 6 unspecified atom stereocenters. The molecule has 4 aliphatic rings. The van der Waals surface area contributed by atoms with Crippen molar-refractivity contribution in [1.82, 2.24) is 5.01 Å². The van der Waals surface area contributed by atoms with Crippen molar-refractivity contribution in [2.45, 2.75) is 24.2 Å². The number of phenols is 1. The maximum Gasteiger partial charge on any atom is 0.260 e. The van der Waals surface area contributed by atoms with Crippen LogP contribution < -0.4 is 15.2 Å². The third kappa shape index (κ3) is 6.14. The molecule has 3 fully saturated rings. The summed E-state index contributed by atoms with van der Waals surface area (Å²) in [5.41, 5.74) is 4.80. The Kier molecular flexibility index (Phi) is 9.58. The van der Waals surface area contributed by atoms with Gasteiger partial charge in [0.15, 0.2) is 11.6 Å². The number of anilines is 3. The molecule has 2 heterocycles. The summed E-state index contributed by atoms with van der Waals surface area (Å²) in [6.07, 6.45) is 1.89. The molecule has 302 valence electrons. The number of carbonyl (C=O) groups is 4. The summed E-state index contributed by atoms with van der Waals surface area (Å²) in [7, 11) is 3.89. The molecular weight excluding hydrogens is 790 g/mol. The first-order valence-electron chi connectivity index (χ1n) is 19.4. The van der Waals surface area contributed by atoms with E-state index >= 15 is 9.18 Å². The minimum Gasteiger partial charge on any atom is -0.505 e. The highest BCUT2D eigenvalue weighted by molar-refractivity contribution is 6.30. The maximum atomic E-state index is 15.4. The van der Waals surface area contributed by atoms with Crippen LogP contribution in [0, 0.1) is 35.3 Å². The van der Waals surface area contributed by atoms with Gasteiger partial charge in [-0.25, -0.2) is 8.78 Å². The summed E-state index contributed by atoms with van der Waals surface area (Å²) in [6, 6.07) is 29.7.